The molecule has 0 aliphatic carbocycles. The lowest BCUT2D eigenvalue weighted by molar-refractivity contribution is 0.0487. The van der Waals surface area contributed by atoms with E-state index in [0.717, 1.165) is 61.8 Å². The Morgan fingerprint density at radius 1 is 1.00 bits per heavy atom. The van der Waals surface area contributed by atoms with Gasteiger partial charge in [-0.25, -0.2) is 4.99 Å². The molecule has 0 fully saturated rings. The third-order valence-electron chi connectivity index (χ3n) is 3.90. The molecule has 0 atom stereocenters. The molecule has 2 N–H and O–H groups in total. The number of hydrogen-bond donors (Lipinski definition) is 2. The van der Waals surface area contributed by atoms with Gasteiger partial charge in [0, 0.05) is 31.7 Å². The Hall–Kier alpha value is -0.870. The molecule has 8 heteroatoms. The fourth-order valence-electron chi connectivity index (χ4n) is 2.43. The zero-order valence-electron chi connectivity index (χ0n) is 17.3. The summed E-state index contributed by atoms with van der Waals surface area (Å²) < 4.78 is 16.4. The molecule has 1 rings (SSSR count). The predicted octanol–water partition coefficient (Wildman–Crippen LogP) is 3.31. The van der Waals surface area contributed by atoms with Gasteiger partial charge in [-0.1, -0.05) is 32.3 Å². The highest BCUT2D eigenvalue weighted by Crippen LogP contribution is 2.16. The molecule has 0 amide bonds. The van der Waals surface area contributed by atoms with E-state index >= 15 is 0 Å². The summed E-state index contributed by atoms with van der Waals surface area (Å²) in [5.74, 6) is 1.70. The summed E-state index contributed by atoms with van der Waals surface area (Å²) in [4.78, 5) is 4.66. The minimum absolute atomic E-state index is 0. The molecule has 7 nitrogen and oxygen atoms in total. The molecule has 0 aliphatic heterocycles. The molecule has 0 spiro atoms. The van der Waals surface area contributed by atoms with Gasteiger partial charge in [0.2, 0.25) is 0 Å². The Morgan fingerprint density at radius 3 is 2.37 bits per heavy atom. The average molecular weight is 496 g/mol. The molecule has 0 unspecified atom stereocenters. The first-order valence-electron chi connectivity index (χ1n) is 9.90. The van der Waals surface area contributed by atoms with E-state index in [1.165, 1.54) is 0 Å². The molecule has 0 aromatic carbocycles. The molecule has 1 aromatic heterocycles. The highest BCUT2D eigenvalue weighted by atomic mass is 127. The Kier molecular flexibility index (Phi) is 16.7. The first kappa shape index (κ1) is 26.1. The number of aryl methyl sites for hydroxylation is 2. The van der Waals surface area contributed by atoms with E-state index in [2.05, 4.69) is 48.5 Å². The summed E-state index contributed by atoms with van der Waals surface area (Å²) in [5.41, 5.74) is 2.10. The van der Waals surface area contributed by atoms with Crippen molar-refractivity contribution >= 4 is 29.9 Å². The Labute approximate surface area is 181 Å². The highest BCUT2D eigenvalue weighted by molar-refractivity contribution is 14.0. The zero-order valence-corrected chi connectivity index (χ0v) is 19.6. The number of nitrogens with zero attached hydrogens (tertiary/aromatic N) is 2. The Bertz CT molecular complexity index is 488. The van der Waals surface area contributed by atoms with Crippen LogP contribution >= 0.6 is 24.0 Å². The number of halogens is 1. The Morgan fingerprint density at radius 2 is 1.74 bits per heavy atom. The topological polar surface area (TPSA) is 80.9 Å². The van der Waals surface area contributed by atoms with E-state index in [9.17, 15) is 0 Å². The van der Waals surface area contributed by atoms with Gasteiger partial charge in [0.25, 0.3) is 0 Å². The molecule has 1 heterocycles. The fraction of sp³-hybridized carbons (Fsp3) is 0.789. The van der Waals surface area contributed by atoms with Crippen molar-refractivity contribution in [2.45, 2.75) is 59.9 Å². The minimum atomic E-state index is 0. The second-order valence-corrected chi connectivity index (χ2v) is 5.94. The molecule has 0 bridgehead atoms. The number of ether oxygens (including phenoxy) is 2. The summed E-state index contributed by atoms with van der Waals surface area (Å²) in [6.45, 7) is 13.1. The van der Waals surface area contributed by atoms with E-state index in [4.69, 9.17) is 14.0 Å². The van der Waals surface area contributed by atoms with Crippen molar-refractivity contribution in [2.24, 2.45) is 4.99 Å². The zero-order chi connectivity index (χ0) is 19.0. The van der Waals surface area contributed by atoms with Crippen molar-refractivity contribution in [2.75, 3.05) is 39.5 Å². The van der Waals surface area contributed by atoms with Crippen molar-refractivity contribution < 1.29 is 14.0 Å². The largest absolute Gasteiger partial charge is 0.379 e. The van der Waals surface area contributed by atoms with Gasteiger partial charge in [-0.05, 0) is 19.8 Å². The van der Waals surface area contributed by atoms with Gasteiger partial charge in [0.05, 0.1) is 32.1 Å². The molecule has 0 saturated carbocycles. The maximum Gasteiger partial charge on any atom is 0.191 e. The number of aliphatic imine (C=N–C) groups is 1. The van der Waals surface area contributed by atoms with Crippen molar-refractivity contribution in [3.8, 4) is 0 Å². The van der Waals surface area contributed by atoms with Crippen LogP contribution in [0, 0.1) is 0 Å². The summed E-state index contributed by atoms with van der Waals surface area (Å²) >= 11 is 0. The van der Waals surface area contributed by atoms with Crippen LogP contribution in [0.15, 0.2) is 9.52 Å². The van der Waals surface area contributed by atoms with Gasteiger partial charge < -0.3 is 24.6 Å². The minimum Gasteiger partial charge on any atom is -0.379 e. The van der Waals surface area contributed by atoms with E-state index in [-0.39, 0.29) is 24.0 Å². The monoisotopic (exact) mass is 496 g/mol. The number of nitrogens with one attached hydrogen (secondary N) is 2. The molecular formula is C19H37IN4O3. The number of rotatable bonds is 14. The van der Waals surface area contributed by atoms with E-state index in [1.54, 1.807) is 0 Å². The second kappa shape index (κ2) is 17.2. The van der Waals surface area contributed by atoms with Crippen LogP contribution in [0.4, 0.5) is 0 Å². The van der Waals surface area contributed by atoms with Gasteiger partial charge in [0.15, 0.2) is 5.96 Å². The quantitative estimate of drug-likeness (QED) is 0.178. The summed E-state index contributed by atoms with van der Waals surface area (Å²) in [6, 6.07) is 0. The number of guanidine groups is 1. The molecule has 0 aliphatic rings. The average Bonchev–Trinajstić information content (AvgIpc) is 3.06. The normalized spacial score (nSPS) is 11.3. The predicted molar refractivity (Wildman–Crippen MR) is 120 cm³/mol. The lowest BCUT2D eigenvalue weighted by Gasteiger charge is -2.12. The first-order valence-corrected chi connectivity index (χ1v) is 9.90. The number of aromatic nitrogens is 1. The molecule has 27 heavy (non-hydrogen) atoms. The van der Waals surface area contributed by atoms with Gasteiger partial charge in [-0.2, -0.15) is 0 Å². The molecule has 1 aromatic rings. The summed E-state index contributed by atoms with van der Waals surface area (Å²) in [6.07, 6.45) is 3.95. The van der Waals surface area contributed by atoms with Crippen LogP contribution < -0.4 is 10.6 Å². The fourth-order valence-corrected chi connectivity index (χ4v) is 2.43. The molecule has 0 radical (unpaired) electrons. The maximum absolute atomic E-state index is 5.57. The lowest BCUT2D eigenvalue weighted by Crippen LogP contribution is -2.39. The van der Waals surface area contributed by atoms with E-state index in [0.29, 0.717) is 32.9 Å². The molecular weight excluding hydrogens is 459 g/mol. The van der Waals surface area contributed by atoms with Crippen molar-refractivity contribution in [3.63, 3.8) is 0 Å². The van der Waals surface area contributed by atoms with Crippen molar-refractivity contribution in [3.05, 3.63) is 17.0 Å². The van der Waals surface area contributed by atoms with Crippen molar-refractivity contribution in [1.29, 1.82) is 0 Å². The third-order valence-corrected chi connectivity index (χ3v) is 3.90. The molecule has 158 valence electrons. The van der Waals surface area contributed by atoms with Gasteiger partial charge in [-0.15, -0.1) is 24.0 Å². The second-order valence-electron chi connectivity index (χ2n) is 5.94. The third kappa shape index (κ3) is 10.9. The first-order chi connectivity index (χ1) is 12.8. The SMILES string of the molecule is CCCCOCCOCCNC(=NCc1c(CC)noc1CC)NCC.I. The van der Waals surface area contributed by atoms with Crippen LogP contribution in [0.25, 0.3) is 0 Å². The van der Waals surface area contributed by atoms with Crippen LogP contribution in [0.1, 0.15) is 57.6 Å². The highest BCUT2D eigenvalue weighted by Gasteiger charge is 2.12. The van der Waals surface area contributed by atoms with Gasteiger partial charge in [-0.3, -0.25) is 0 Å². The maximum atomic E-state index is 5.57. The number of hydrogen-bond acceptors (Lipinski definition) is 5. The van der Waals surface area contributed by atoms with E-state index in [1.807, 2.05) is 0 Å². The summed E-state index contributed by atoms with van der Waals surface area (Å²) in [5, 5.41) is 10.7. The standard InChI is InChI=1S/C19H36N4O3.HI/c1-5-9-11-24-13-14-25-12-10-21-19(20-8-4)22-15-16-17(6-2)23-26-18(16)7-3;/h5-15H2,1-4H3,(H2,20,21,22);1H. The van der Waals surface area contributed by atoms with E-state index < -0.39 is 0 Å². The van der Waals surface area contributed by atoms with Crippen LogP contribution in [-0.4, -0.2) is 50.6 Å². The smallest absolute Gasteiger partial charge is 0.191 e. The lowest BCUT2D eigenvalue weighted by atomic mass is 10.1. The van der Waals surface area contributed by atoms with Crippen LogP contribution in [-0.2, 0) is 28.9 Å². The van der Waals surface area contributed by atoms with Crippen LogP contribution in [0.2, 0.25) is 0 Å². The van der Waals surface area contributed by atoms with Gasteiger partial charge >= 0.3 is 0 Å². The van der Waals surface area contributed by atoms with Crippen LogP contribution in [0.5, 0.6) is 0 Å². The summed E-state index contributed by atoms with van der Waals surface area (Å²) in [7, 11) is 0. The Balaban J connectivity index is 0.00000676. The van der Waals surface area contributed by atoms with Crippen molar-refractivity contribution in [1.82, 2.24) is 15.8 Å². The van der Waals surface area contributed by atoms with Gasteiger partial charge in [0.1, 0.15) is 5.76 Å². The number of unbranched alkanes of at least 4 members (excludes halogenated alkanes) is 1. The van der Waals surface area contributed by atoms with Crippen LogP contribution in [0.3, 0.4) is 0 Å². The molecule has 0 saturated heterocycles.